The first-order valence-electron chi connectivity index (χ1n) is 8.55. The number of benzene rings is 2. The fourth-order valence-corrected chi connectivity index (χ4v) is 2.39. The molecule has 2 nitrogen and oxygen atoms in total. The highest BCUT2D eigenvalue weighted by Crippen LogP contribution is 2.35. The standard InChI is InChI=1S/C17H17NO.2C2H6/c1-13-8-10-14(11-9-13)16-12-17(2,19-18-16)15-6-4-3-5-7-15;2*1-2/h3-11H,12H2,1-2H3;2*1-2H3. The van der Waals surface area contributed by atoms with Crippen LogP contribution in [0.1, 0.15) is 57.7 Å². The Bertz CT molecular complexity index is 601. The van der Waals surface area contributed by atoms with Crippen LogP contribution in [0.15, 0.2) is 59.8 Å². The molecule has 0 spiro atoms. The third-order valence-corrected chi connectivity index (χ3v) is 3.63. The average Bonchev–Trinajstić information content (AvgIpc) is 3.04. The van der Waals surface area contributed by atoms with Gasteiger partial charge < -0.3 is 4.84 Å². The average molecular weight is 311 g/mol. The Morgan fingerprint density at radius 3 is 2.00 bits per heavy atom. The van der Waals surface area contributed by atoms with Gasteiger partial charge in [0.2, 0.25) is 0 Å². The molecule has 1 unspecified atom stereocenters. The largest absolute Gasteiger partial charge is 0.384 e. The van der Waals surface area contributed by atoms with Gasteiger partial charge in [0.15, 0.2) is 5.60 Å². The van der Waals surface area contributed by atoms with Crippen LogP contribution in [0.5, 0.6) is 0 Å². The molecule has 0 N–H and O–H groups in total. The molecule has 1 atom stereocenters. The van der Waals surface area contributed by atoms with Crippen molar-refractivity contribution >= 4 is 5.71 Å². The second-order valence-corrected chi connectivity index (χ2v) is 5.27. The zero-order chi connectivity index (χ0) is 17.3. The van der Waals surface area contributed by atoms with Crippen LogP contribution >= 0.6 is 0 Å². The van der Waals surface area contributed by atoms with Crippen LogP contribution in [-0.2, 0) is 10.4 Å². The molecule has 0 saturated carbocycles. The Morgan fingerprint density at radius 2 is 1.43 bits per heavy atom. The van der Waals surface area contributed by atoms with Crippen LogP contribution in [0, 0.1) is 6.92 Å². The molecule has 0 radical (unpaired) electrons. The maximum Gasteiger partial charge on any atom is 0.165 e. The second kappa shape index (κ2) is 9.14. The maximum atomic E-state index is 5.71. The third-order valence-electron chi connectivity index (χ3n) is 3.63. The smallest absolute Gasteiger partial charge is 0.165 e. The van der Waals surface area contributed by atoms with Crippen LogP contribution < -0.4 is 0 Å². The molecule has 1 heterocycles. The van der Waals surface area contributed by atoms with E-state index in [0.717, 1.165) is 17.7 Å². The fourth-order valence-electron chi connectivity index (χ4n) is 2.39. The molecule has 3 rings (SSSR count). The first kappa shape index (κ1) is 19.0. The number of rotatable bonds is 2. The number of nitrogens with zero attached hydrogens (tertiary/aromatic N) is 1. The summed E-state index contributed by atoms with van der Waals surface area (Å²) in [6.45, 7) is 12.2. The van der Waals surface area contributed by atoms with E-state index in [-0.39, 0.29) is 5.60 Å². The Hall–Kier alpha value is -2.09. The van der Waals surface area contributed by atoms with Gasteiger partial charge in [-0.3, -0.25) is 0 Å². The summed E-state index contributed by atoms with van der Waals surface area (Å²) >= 11 is 0. The highest BCUT2D eigenvalue weighted by Gasteiger charge is 2.36. The lowest BCUT2D eigenvalue weighted by Gasteiger charge is -2.21. The van der Waals surface area contributed by atoms with Crippen LogP contribution in [0.3, 0.4) is 0 Å². The van der Waals surface area contributed by atoms with Crippen molar-refractivity contribution in [3.05, 3.63) is 71.3 Å². The SMILES string of the molecule is CC.CC.Cc1ccc(C2=NOC(C)(c3ccccc3)C2)cc1. The molecule has 0 saturated heterocycles. The minimum Gasteiger partial charge on any atom is -0.384 e. The molecule has 0 aromatic heterocycles. The van der Waals surface area contributed by atoms with Gasteiger partial charge in [0.25, 0.3) is 0 Å². The molecule has 0 fully saturated rings. The highest BCUT2D eigenvalue weighted by atomic mass is 16.7. The Morgan fingerprint density at radius 1 is 0.870 bits per heavy atom. The van der Waals surface area contributed by atoms with E-state index < -0.39 is 0 Å². The molecule has 2 aromatic carbocycles. The van der Waals surface area contributed by atoms with Crippen LogP contribution in [0.25, 0.3) is 0 Å². The molecular weight excluding hydrogens is 282 g/mol. The van der Waals surface area contributed by atoms with Gasteiger partial charge in [-0.2, -0.15) is 0 Å². The van der Waals surface area contributed by atoms with Crippen molar-refractivity contribution in [2.45, 2.75) is 53.6 Å². The lowest BCUT2D eigenvalue weighted by atomic mass is 9.89. The summed E-state index contributed by atoms with van der Waals surface area (Å²) in [6.07, 6.45) is 0.806. The summed E-state index contributed by atoms with van der Waals surface area (Å²) in [5.74, 6) is 0. The zero-order valence-corrected chi connectivity index (χ0v) is 15.3. The van der Waals surface area contributed by atoms with Crippen molar-refractivity contribution in [3.63, 3.8) is 0 Å². The van der Waals surface area contributed by atoms with Crippen molar-refractivity contribution in [1.82, 2.24) is 0 Å². The maximum absolute atomic E-state index is 5.71. The summed E-state index contributed by atoms with van der Waals surface area (Å²) in [5, 5.41) is 4.28. The molecule has 1 aliphatic rings. The van der Waals surface area contributed by atoms with E-state index in [1.165, 1.54) is 11.1 Å². The molecule has 0 bridgehead atoms. The van der Waals surface area contributed by atoms with Gasteiger partial charge >= 0.3 is 0 Å². The van der Waals surface area contributed by atoms with E-state index in [1.54, 1.807) is 0 Å². The number of aryl methyl sites for hydroxylation is 1. The molecule has 2 heteroatoms. The van der Waals surface area contributed by atoms with Crippen molar-refractivity contribution in [2.24, 2.45) is 5.16 Å². The lowest BCUT2D eigenvalue weighted by Crippen LogP contribution is -2.21. The molecule has 0 amide bonds. The molecule has 0 aliphatic carbocycles. The number of hydrogen-bond donors (Lipinski definition) is 0. The lowest BCUT2D eigenvalue weighted by molar-refractivity contribution is -0.00738. The molecule has 1 aliphatic heterocycles. The quantitative estimate of drug-likeness (QED) is 0.658. The van der Waals surface area contributed by atoms with Gasteiger partial charge in [-0.05, 0) is 25.0 Å². The van der Waals surface area contributed by atoms with Crippen molar-refractivity contribution in [3.8, 4) is 0 Å². The highest BCUT2D eigenvalue weighted by molar-refractivity contribution is 6.01. The van der Waals surface area contributed by atoms with E-state index in [0.29, 0.717) is 0 Å². The first-order chi connectivity index (χ1) is 11.2. The normalized spacial score (nSPS) is 18.6. The minimum absolute atomic E-state index is 0.346. The van der Waals surface area contributed by atoms with Gasteiger partial charge in [-0.15, -0.1) is 0 Å². The van der Waals surface area contributed by atoms with E-state index >= 15 is 0 Å². The van der Waals surface area contributed by atoms with Crippen LogP contribution in [-0.4, -0.2) is 5.71 Å². The van der Waals surface area contributed by atoms with E-state index in [1.807, 2.05) is 45.9 Å². The predicted molar refractivity (Wildman–Crippen MR) is 99.9 cm³/mol. The minimum atomic E-state index is -0.346. The third kappa shape index (κ3) is 4.69. The van der Waals surface area contributed by atoms with Gasteiger partial charge in [-0.1, -0.05) is 93.0 Å². The van der Waals surface area contributed by atoms with Crippen molar-refractivity contribution in [2.75, 3.05) is 0 Å². The zero-order valence-electron chi connectivity index (χ0n) is 15.3. The summed E-state index contributed by atoms with van der Waals surface area (Å²) < 4.78 is 0. The van der Waals surface area contributed by atoms with Crippen LogP contribution in [0.4, 0.5) is 0 Å². The van der Waals surface area contributed by atoms with Gasteiger partial charge in [0.1, 0.15) is 0 Å². The first-order valence-corrected chi connectivity index (χ1v) is 8.55. The summed E-state index contributed by atoms with van der Waals surface area (Å²) in [4.78, 5) is 5.71. The van der Waals surface area contributed by atoms with E-state index in [9.17, 15) is 0 Å². The fraction of sp³-hybridized carbons (Fsp3) is 0.381. The Labute approximate surface area is 141 Å². The Kier molecular flexibility index (Phi) is 7.53. The van der Waals surface area contributed by atoms with Gasteiger partial charge in [-0.25, -0.2) is 0 Å². The topological polar surface area (TPSA) is 21.6 Å². The monoisotopic (exact) mass is 311 g/mol. The van der Waals surface area contributed by atoms with Gasteiger partial charge in [0.05, 0.1) is 5.71 Å². The summed E-state index contributed by atoms with van der Waals surface area (Å²) in [7, 11) is 0. The van der Waals surface area contributed by atoms with Crippen molar-refractivity contribution < 1.29 is 4.84 Å². The molecule has 124 valence electrons. The number of oxime groups is 1. The van der Waals surface area contributed by atoms with Gasteiger partial charge in [0, 0.05) is 6.42 Å². The second-order valence-electron chi connectivity index (χ2n) is 5.27. The summed E-state index contributed by atoms with van der Waals surface area (Å²) in [5.41, 5.74) is 4.24. The Balaban J connectivity index is 0.000000615. The molecule has 2 aromatic rings. The van der Waals surface area contributed by atoms with E-state index in [2.05, 4.69) is 55.4 Å². The molecular formula is C21H29NO. The summed E-state index contributed by atoms with van der Waals surface area (Å²) in [6, 6.07) is 18.7. The van der Waals surface area contributed by atoms with Crippen LogP contribution in [0.2, 0.25) is 0 Å². The molecule has 23 heavy (non-hydrogen) atoms. The van der Waals surface area contributed by atoms with Crippen molar-refractivity contribution in [1.29, 1.82) is 0 Å². The van der Waals surface area contributed by atoms with E-state index in [4.69, 9.17) is 4.84 Å². The predicted octanol–water partition coefficient (Wildman–Crippen LogP) is 6.09. The number of hydrogen-bond acceptors (Lipinski definition) is 2.